The molecule has 0 bridgehead atoms. The highest BCUT2D eigenvalue weighted by molar-refractivity contribution is 5.87. The van der Waals surface area contributed by atoms with Crippen LogP contribution in [0.1, 0.15) is 12.2 Å². The predicted octanol–water partition coefficient (Wildman–Crippen LogP) is 4.05. The van der Waals surface area contributed by atoms with E-state index in [2.05, 4.69) is 30.6 Å². The van der Waals surface area contributed by atoms with Gasteiger partial charge < -0.3 is 10.1 Å². The zero-order valence-corrected chi connectivity index (χ0v) is 20.2. The first-order valence-corrected chi connectivity index (χ1v) is 12.2. The van der Waals surface area contributed by atoms with Crippen LogP contribution < -0.4 is 10.1 Å². The molecule has 38 heavy (non-hydrogen) atoms. The second kappa shape index (κ2) is 10.2. The lowest BCUT2D eigenvalue weighted by Gasteiger charge is -2.15. The Kier molecular flexibility index (Phi) is 6.46. The third kappa shape index (κ3) is 5.07. The molecule has 0 radical (unpaired) electrons. The van der Waals surface area contributed by atoms with Gasteiger partial charge in [-0.15, -0.1) is 10.2 Å². The summed E-state index contributed by atoms with van der Waals surface area (Å²) in [4.78, 5) is 11.0. The Morgan fingerprint density at radius 3 is 2.71 bits per heavy atom. The lowest BCUT2D eigenvalue weighted by molar-refractivity contribution is 0.224. The maximum Gasteiger partial charge on any atom is 0.178 e. The molecule has 194 valence electrons. The van der Waals surface area contributed by atoms with Crippen LogP contribution in [0.5, 0.6) is 5.75 Å². The number of ether oxygens (including phenoxy) is 1. The number of rotatable bonds is 8. The van der Waals surface area contributed by atoms with E-state index < -0.39 is 17.8 Å². The van der Waals surface area contributed by atoms with Crippen molar-refractivity contribution in [2.75, 3.05) is 31.6 Å². The zero-order valence-electron chi connectivity index (χ0n) is 20.2. The molecule has 1 fully saturated rings. The molecule has 12 heteroatoms. The van der Waals surface area contributed by atoms with Crippen molar-refractivity contribution < 1.29 is 17.9 Å². The molecule has 1 aromatic carbocycles. The Hall–Kier alpha value is -4.32. The van der Waals surface area contributed by atoms with Gasteiger partial charge >= 0.3 is 0 Å². The predicted molar refractivity (Wildman–Crippen MR) is 134 cm³/mol. The third-order valence-electron chi connectivity index (χ3n) is 6.37. The second-order valence-electron chi connectivity index (χ2n) is 9.05. The topological polar surface area (TPSA) is 93.4 Å². The summed E-state index contributed by atoms with van der Waals surface area (Å²) in [5.74, 6) is -0.271. The van der Waals surface area contributed by atoms with Crippen molar-refractivity contribution >= 4 is 22.4 Å². The van der Waals surface area contributed by atoms with Crippen molar-refractivity contribution in [3.8, 4) is 17.0 Å². The van der Waals surface area contributed by atoms with Gasteiger partial charge in [-0.3, -0.25) is 9.88 Å². The van der Waals surface area contributed by atoms with Gasteiger partial charge in [-0.25, -0.2) is 18.2 Å². The second-order valence-corrected chi connectivity index (χ2v) is 9.05. The van der Waals surface area contributed by atoms with Crippen LogP contribution in [0.25, 0.3) is 27.9 Å². The summed E-state index contributed by atoms with van der Waals surface area (Å²) in [6.45, 7) is 2.56. The molecular weight excluding hydrogens is 497 g/mol. The number of halogens is 3. The Bertz CT molecular complexity index is 1590. The quantitative estimate of drug-likeness (QED) is 0.328. The SMILES string of the molecule is Fc1cc(F)cc(-c2ccc3nnc(CNc4ccnc5cc(OCCN6CCC(F)C6)cnc45)n3n2)c1. The van der Waals surface area contributed by atoms with E-state index in [4.69, 9.17) is 4.74 Å². The number of hydrogen-bond acceptors (Lipinski definition) is 8. The molecule has 5 heterocycles. The van der Waals surface area contributed by atoms with E-state index in [0.717, 1.165) is 18.3 Å². The molecule has 9 nitrogen and oxygen atoms in total. The van der Waals surface area contributed by atoms with Crippen LogP contribution in [0.2, 0.25) is 0 Å². The molecule has 4 aromatic heterocycles. The Morgan fingerprint density at radius 1 is 1.03 bits per heavy atom. The normalized spacial score (nSPS) is 15.9. The van der Waals surface area contributed by atoms with E-state index in [1.54, 1.807) is 30.6 Å². The summed E-state index contributed by atoms with van der Waals surface area (Å²) in [7, 11) is 0. The molecule has 0 spiro atoms. The molecular formula is C26H23F3N8O. The Labute approximate surface area is 215 Å². The van der Waals surface area contributed by atoms with Gasteiger partial charge in [0.1, 0.15) is 35.7 Å². The molecule has 0 aliphatic carbocycles. The van der Waals surface area contributed by atoms with Crippen molar-refractivity contribution in [3.63, 3.8) is 0 Å². The van der Waals surface area contributed by atoms with E-state index >= 15 is 0 Å². The van der Waals surface area contributed by atoms with E-state index in [0.29, 0.717) is 65.6 Å². The largest absolute Gasteiger partial charge is 0.491 e. The van der Waals surface area contributed by atoms with Gasteiger partial charge in [-0.05, 0) is 36.8 Å². The smallest absolute Gasteiger partial charge is 0.178 e. The highest BCUT2D eigenvalue weighted by Crippen LogP contribution is 2.24. The highest BCUT2D eigenvalue weighted by Gasteiger charge is 2.21. The van der Waals surface area contributed by atoms with Gasteiger partial charge in [0, 0.05) is 43.5 Å². The summed E-state index contributed by atoms with van der Waals surface area (Å²) in [6, 6.07) is 10.2. The van der Waals surface area contributed by atoms with E-state index in [1.165, 1.54) is 16.6 Å². The monoisotopic (exact) mass is 520 g/mol. The number of aromatic nitrogens is 6. The number of likely N-dealkylation sites (tertiary alicyclic amines) is 1. The summed E-state index contributed by atoms with van der Waals surface area (Å²) in [5.41, 5.74) is 3.22. The van der Waals surface area contributed by atoms with Gasteiger partial charge in [-0.2, -0.15) is 9.61 Å². The van der Waals surface area contributed by atoms with Crippen molar-refractivity contribution in [1.82, 2.24) is 34.7 Å². The van der Waals surface area contributed by atoms with Crippen LogP contribution in [0.15, 0.2) is 54.9 Å². The molecule has 6 rings (SSSR count). The Morgan fingerprint density at radius 2 is 1.89 bits per heavy atom. The van der Waals surface area contributed by atoms with Crippen LogP contribution in [0, 0.1) is 11.6 Å². The van der Waals surface area contributed by atoms with E-state index in [-0.39, 0.29) is 6.54 Å². The maximum absolute atomic E-state index is 13.7. The zero-order chi connectivity index (χ0) is 26.1. The summed E-state index contributed by atoms with van der Waals surface area (Å²) in [5, 5.41) is 16.1. The van der Waals surface area contributed by atoms with Crippen LogP contribution in [-0.2, 0) is 6.54 Å². The van der Waals surface area contributed by atoms with Crippen LogP contribution in [0.4, 0.5) is 18.9 Å². The fourth-order valence-corrected chi connectivity index (χ4v) is 4.49. The molecule has 0 amide bonds. The minimum Gasteiger partial charge on any atom is -0.491 e. The maximum atomic E-state index is 13.7. The molecule has 1 atom stereocenters. The Balaban J connectivity index is 1.17. The first-order valence-electron chi connectivity index (χ1n) is 12.2. The van der Waals surface area contributed by atoms with Crippen molar-refractivity contribution in [1.29, 1.82) is 0 Å². The molecule has 0 saturated carbocycles. The van der Waals surface area contributed by atoms with Gasteiger partial charge in [0.05, 0.1) is 29.6 Å². The number of benzene rings is 1. The first-order chi connectivity index (χ1) is 18.5. The molecule has 1 aliphatic heterocycles. The average Bonchev–Trinajstić information content (AvgIpc) is 3.51. The number of fused-ring (bicyclic) bond motifs is 2. The summed E-state index contributed by atoms with van der Waals surface area (Å²) in [6.07, 6.45) is 3.12. The molecule has 1 saturated heterocycles. The van der Waals surface area contributed by atoms with Gasteiger partial charge in [0.2, 0.25) is 0 Å². The van der Waals surface area contributed by atoms with Crippen molar-refractivity contribution in [3.05, 3.63) is 72.3 Å². The number of pyridine rings is 2. The average molecular weight is 521 g/mol. The highest BCUT2D eigenvalue weighted by atomic mass is 19.1. The molecule has 5 aromatic rings. The van der Waals surface area contributed by atoms with Crippen LogP contribution in [0.3, 0.4) is 0 Å². The van der Waals surface area contributed by atoms with Gasteiger partial charge in [0.15, 0.2) is 11.5 Å². The standard InChI is InChI=1S/C26H23F3N8O/c27-17-4-6-36(15-17)7-8-38-20-12-23-26(32-13-20)22(3-5-30-23)31-14-25-34-33-24-2-1-21(35-37(24)25)16-9-18(28)11-19(29)10-16/h1-3,5,9-13,17H,4,6-8,14-15H2,(H,30,31). The van der Waals surface area contributed by atoms with Crippen molar-refractivity contribution in [2.45, 2.75) is 19.1 Å². The minimum atomic E-state index is -0.751. The lowest BCUT2D eigenvalue weighted by atomic mass is 10.1. The first kappa shape index (κ1) is 24.0. The number of nitrogens with one attached hydrogen (secondary N) is 1. The fraction of sp³-hybridized carbons (Fsp3) is 0.269. The number of anilines is 1. The molecule has 1 N–H and O–H groups in total. The molecule has 1 unspecified atom stereocenters. The number of hydrogen-bond donors (Lipinski definition) is 1. The third-order valence-corrected chi connectivity index (χ3v) is 6.37. The summed E-state index contributed by atoms with van der Waals surface area (Å²) >= 11 is 0. The fourth-order valence-electron chi connectivity index (χ4n) is 4.49. The molecule has 1 aliphatic rings. The number of alkyl halides is 1. The number of nitrogens with zero attached hydrogens (tertiary/aromatic N) is 7. The minimum absolute atomic E-state index is 0.263. The van der Waals surface area contributed by atoms with Gasteiger partial charge in [-0.1, -0.05) is 0 Å². The van der Waals surface area contributed by atoms with Crippen LogP contribution >= 0.6 is 0 Å². The van der Waals surface area contributed by atoms with Crippen LogP contribution in [-0.4, -0.2) is 67.1 Å². The van der Waals surface area contributed by atoms with E-state index in [9.17, 15) is 13.2 Å². The summed E-state index contributed by atoms with van der Waals surface area (Å²) < 4.78 is 48.1. The lowest BCUT2D eigenvalue weighted by Crippen LogP contribution is -2.26. The van der Waals surface area contributed by atoms with Crippen molar-refractivity contribution in [2.24, 2.45) is 0 Å². The van der Waals surface area contributed by atoms with E-state index in [1.807, 2.05) is 11.0 Å². The van der Waals surface area contributed by atoms with Gasteiger partial charge in [0.25, 0.3) is 0 Å².